The quantitative estimate of drug-likeness (QED) is 0.250. The van der Waals surface area contributed by atoms with Crippen molar-refractivity contribution in [2.24, 2.45) is 0 Å². The first-order valence-electron chi connectivity index (χ1n) is 10.1. The summed E-state index contributed by atoms with van der Waals surface area (Å²) in [4.78, 5) is 12.9. The standard InChI is InChI=1S/C22H28IN3O4/c1-28-11-12-29-20-14-19(26-23)18(13-21(20)30-17-7-9-24-10-8-17)22(27)25-15-16-5-3-2-4-6-16/h2-6,13-14,17,24,26H,7-12,15H2,1H3,(H,25,27). The van der Waals surface area contributed by atoms with Crippen LogP contribution >= 0.6 is 22.9 Å². The monoisotopic (exact) mass is 525 g/mol. The lowest BCUT2D eigenvalue weighted by atomic mass is 10.1. The maximum atomic E-state index is 12.9. The Morgan fingerprint density at radius 1 is 1.13 bits per heavy atom. The van der Waals surface area contributed by atoms with Crippen LogP contribution in [0.3, 0.4) is 0 Å². The van der Waals surface area contributed by atoms with Crippen molar-refractivity contribution in [3.05, 3.63) is 53.6 Å². The van der Waals surface area contributed by atoms with Crippen LogP contribution in [0.2, 0.25) is 0 Å². The van der Waals surface area contributed by atoms with E-state index in [4.69, 9.17) is 14.2 Å². The van der Waals surface area contributed by atoms with Crippen LogP contribution in [0, 0.1) is 0 Å². The molecule has 0 saturated carbocycles. The number of hydrogen-bond acceptors (Lipinski definition) is 6. The number of methoxy groups -OCH3 is 1. The van der Waals surface area contributed by atoms with Gasteiger partial charge in [-0.15, -0.1) is 0 Å². The van der Waals surface area contributed by atoms with Gasteiger partial charge < -0.3 is 28.4 Å². The third-order valence-electron chi connectivity index (χ3n) is 4.85. The number of anilines is 1. The summed E-state index contributed by atoms with van der Waals surface area (Å²) in [5, 5.41) is 6.32. The van der Waals surface area contributed by atoms with Crippen LogP contribution in [-0.4, -0.2) is 45.4 Å². The van der Waals surface area contributed by atoms with Crippen LogP contribution in [0.5, 0.6) is 11.5 Å². The molecule has 0 bridgehead atoms. The number of carbonyl (C=O) groups excluding carboxylic acids is 1. The van der Waals surface area contributed by atoms with Crippen molar-refractivity contribution in [2.45, 2.75) is 25.5 Å². The lowest BCUT2D eigenvalue weighted by Gasteiger charge is -2.25. The van der Waals surface area contributed by atoms with Crippen molar-refractivity contribution in [1.29, 1.82) is 0 Å². The maximum absolute atomic E-state index is 12.9. The zero-order valence-corrected chi connectivity index (χ0v) is 19.2. The number of benzene rings is 2. The second-order valence-corrected chi connectivity index (χ2v) is 7.56. The lowest BCUT2D eigenvalue weighted by molar-refractivity contribution is 0.0950. The minimum Gasteiger partial charge on any atom is -0.487 e. The summed E-state index contributed by atoms with van der Waals surface area (Å²) >= 11 is 2.02. The van der Waals surface area contributed by atoms with Crippen LogP contribution in [-0.2, 0) is 11.3 Å². The van der Waals surface area contributed by atoms with Gasteiger partial charge in [0.2, 0.25) is 0 Å². The lowest BCUT2D eigenvalue weighted by Crippen LogP contribution is -2.34. The molecule has 7 nitrogen and oxygen atoms in total. The van der Waals surface area contributed by atoms with E-state index in [1.165, 1.54) is 0 Å². The van der Waals surface area contributed by atoms with Gasteiger partial charge in [0.15, 0.2) is 11.5 Å². The molecule has 3 N–H and O–H groups in total. The second-order valence-electron chi connectivity index (χ2n) is 7.02. The first-order valence-corrected chi connectivity index (χ1v) is 11.1. The molecule has 2 aromatic carbocycles. The van der Waals surface area contributed by atoms with Gasteiger partial charge in [0.05, 0.1) is 40.7 Å². The fourth-order valence-corrected chi connectivity index (χ4v) is 3.68. The third kappa shape index (κ3) is 6.48. The van der Waals surface area contributed by atoms with Crippen molar-refractivity contribution in [3.63, 3.8) is 0 Å². The molecule has 1 aliphatic heterocycles. The minimum atomic E-state index is -0.170. The molecular formula is C22H28IN3O4. The van der Waals surface area contributed by atoms with Gasteiger partial charge in [0.25, 0.3) is 5.91 Å². The highest BCUT2D eigenvalue weighted by Gasteiger charge is 2.21. The fourth-order valence-electron chi connectivity index (χ4n) is 3.23. The van der Waals surface area contributed by atoms with Gasteiger partial charge in [0.1, 0.15) is 12.7 Å². The van der Waals surface area contributed by atoms with E-state index >= 15 is 0 Å². The van der Waals surface area contributed by atoms with Gasteiger partial charge in [-0.25, -0.2) is 0 Å². The zero-order chi connectivity index (χ0) is 21.2. The number of hydrogen-bond donors (Lipinski definition) is 3. The van der Waals surface area contributed by atoms with Crippen LogP contribution in [0.1, 0.15) is 28.8 Å². The minimum absolute atomic E-state index is 0.0923. The Hall–Kier alpha value is -2.04. The molecule has 1 aliphatic rings. The van der Waals surface area contributed by atoms with E-state index in [0.29, 0.717) is 42.5 Å². The van der Waals surface area contributed by atoms with E-state index in [0.717, 1.165) is 31.5 Å². The Balaban J connectivity index is 1.81. The van der Waals surface area contributed by atoms with Crippen LogP contribution < -0.4 is 23.6 Å². The molecule has 1 saturated heterocycles. The Bertz CT molecular complexity index is 814. The van der Waals surface area contributed by atoms with Crippen molar-refractivity contribution in [3.8, 4) is 11.5 Å². The summed E-state index contributed by atoms with van der Waals surface area (Å²) in [6, 6.07) is 13.4. The van der Waals surface area contributed by atoms with Crippen molar-refractivity contribution in [2.75, 3.05) is 36.9 Å². The largest absolute Gasteiger partial charge is 0.487 e. The van der Waals surface area contributed by atoms with Gasteiger partial charge in [-0.05, 0) is 37.6 Å². The van der Waals surface area contributed by atoms with Crippen molar-refractivity contribution in [1.82, 2.24) is 10.6 Å². The number of carbonyl (C=O) groups is 1. The summed E-state index contributed by atoms with van der Waals surface area (Å²) < 4.78 is 20.3. The van der Waals surface area contributed by atoms with Crippen LogP contribution in [0.15, 0.2) is 42.5 Å². The first kappa shape index (κ1) is 22.6. The smallest absolute Gasteiger partial charge is 0.253 e. The molecule has 0 spiro atoms. The molecule has 3 rings (SSSR count). The van der Waals surface area contributed by atoms with Gasteiger partial charge >= 0.3 is 0 Å². The molecule has 0 aromatic heterocycles. The SMILES string of the molecule is COCCOc1cc(NI)c(C(=O)NCc2ccccc2)cc1OC1CCNCC1. The molecule has 162 valence electrons. The molecule has 1 heterocycles. The first-order chi connectivity index (χ1) is 14.7. The van der Waals surface area contributed by atoms with E-state index in [1.807, 2.05) is 59.3 Å². The van der Waals surface area contributed by atoms with Crippen molar-refractivity contribution >= 4 is 34.5 Å². The number of piperidine rings is 1. The summed E-state index contributed by atoms with van der Waals surface area (Å²) in [5.74, 6) is 1.01. The molecule has 0 unspecified atom stereocenters. The van der Waals surface area contributed by atoms with Crippen LogP contribution in [0.25, 0.3) is 0 Å². The van der Waals surface area contributed by atoms with Crippen LogP contribution in [0.4, 0.5) is 5.69 Å². The highest BCUT2D eigenvalue weighted by atomic mass is 127. The molecule has 0 aliphatic carbocycles. The second kappa shape index (κ2) is 12.0. The predicted molar refractivity (Wildman–Crippen MR) is 126 cm³/mol. The normalized spacial score (nSPS) is 14.2. The van der Waals surface area contributed by atoms with E-state index in [9.17, 15) is 4.79 Å². The van der Waals surface area contributed by atoms with E-state index in [2.05, 4.69) is 14.2 Å². The average molecular weight is 525 g/mol. The Labute approximate surface area is 191 Å². The zero-order valence-electron chi connectivity index (χ0n) is 17.1. The highest BCUT2D eigenvalue weighted by Crippen LogP contribution is 2.36. The molecule has 1 amide bonds. The Morgan fingerprint density at radius 3 is 2.60 bits per heavy atom. The van der Waals surface area contributed by atoms with Crippen molar-refractivity contribution < 1.29 is 19.0 Å². The number of halogens is 1. The number of ether oxygens (including phenoxy) is 3. The third-order valence-corrected chi connectivity index (χ3v) is 5.43. The summed E-state index contributed by atoms with van der Waals surface area (Å²) in [5.41, 5.74) is 2.23. The average Bonchev–Trinajstić information content (AvgIpc) is 2.79. The number of nitrogens with one attached hydrogen (secondary N) is 3. The molecule has 0 atom stereocenters. The number of amides is 1. The van der Waals surface area contributed by atoms with Gasteiger partial charge in [0, 0.05) is 19.7 Å². The van der Waals surface area contributed by atoms with E-state index in [1.54, 1.807) is 13.2 Å². The molecule has 8 heteroatoms. The Kier molecular flexibility index (Phi) is 9.03. The fraction of sp³-hybridized carbons (Fsp3) is 0.409. The van der Waals surface area contributed by atoms with Gasteiger partial charge in [-0.1, -0.05) is 30.3 Å². The predicted octanol–water partition coefficient (Wildman–Crippen LogP) is 3.53. The van der Waals surface area contributed by atoms with E-state index in [-0.39, 0.29) is 12.0 Å². The number of rotatable bonds is 10. The topological polar surface area (TPSA) is 80.9 Å². The van der Waals surface area contributed by atoms with Gasteiger partial charge in [-0.3, -0.25) is 4.79 Å². The van der Waals surface area contributed by atoms with Gasteiger partial charge in [-0.2, -0.15) is 0 Å². The summed E-state index contributed by atoms with van der Waals surface area (Å²) in [6.07, 6.45) is 1.92. The molecule has 2 aromatic rings. The molecule has 0 radical (unpaired) electrons. The summed E-state index contributed by atoms with van der Waals surface area (Å²) in [6.45, 7) is 3.17. The van der Waals surface area contributed by atoms with E-state index < -0.39 is 0 Å². The Morgan fingerprint density at radius 2 is 1.90 bits per heavy atom. The highest BCUT2D eigenvalue weighted by molar-refractivity contribution is 14.1. The molecule has 1 fully saturated rings. The summed E-state index contributed by atoms with van der Waals surface area (Å²) in [7, 11) is 1.63. The molecular weight excluding hydrogens is 497 g/mol. The molecule has 30 heavy (non-hydrogen) atoms. The maximum Gasteiger partial charge on any atom is 0.253 e.